The number of aromatic nitrogens is 2. The van der Waals surface area contributed by atoms with Crippen molar-refractivity contribution in [1.29, 1.82) is 0 Å². The van der Waals surface area contributed by atoms with Gasteiger partial charge >= 0.3 is 0 Å². The van der Waals surface area contributed by atoms with Gasteiger partial charge in [-0.2, -0.15) is 0 Å². The smallest absolute Gasteiger partial charge is 0.250 e. The molecule has 0 aliphatic rings. The fourth-order valence-electron chi connectivity index (χ4n) is 2.40. The first-order valence-electron chi connectivity index (χ1n) is 7.03. The van der Waals surface area contributed by atoms with Gasteiger partial charge in [-0.1, -0.05) is 18.2 Å². The molecule has 0 aliphatic heterocycles. The monoisotopic (exact) mass is 335 g/mol. The van der Waals surface area contributed by atoms with E-state index in [1.54, 1.807) is 19.2 Å². The summed E-state index contributed by atoms with van der Waals surface area (Å²) < 4.78 is 31.1. The van der Waals surface area contributed by atoms with Crippen molar-refractivity contribution in [2.45, 2.75) is 30.6 Å². The van der Waals surface area contributed by atoms with E-state index < -0.39 is 10.0 Å². The molecule has 7 heteroatoms. The molecule has 3 aromatic rings. The number of imidazole rings is 1. The number of benzene rings is 1. The number of aryl methyl sites for hydroxylation is 1. The largest absolute Gasteiger partial charge is 0.334 e. The summed E-state index contributed by atoms with van der Waals surface area (Å²) in [6, 6.07) is 8.97. The van der Waals surface area contributed by atoms with Gasteiger partial charge in [0.15, 0.2) is 0 Å². The topological polar surface area (TPSA) is 64.0 Å². The summed E-state index contributed by atoms with van der Waals surface area (Å²) >= 11 is 1.28. The maximum atomic E-state index is 12.6. The van der Waals surface area contributed by atoms with Gasteiger partial charge in [-0.3, -0.25) is 0 Å². The Bertz CT molecular complexity index is 863. The standard InChI is InChI=1S/C15H17N3O2S2/c1-3-18-9-8-16-15(18)11(2)17-22(19,20)14-10-12-6-4-5-7-13(12)21-14/h4-11,17H,3H2,1-2H3. The molecule has 0 aliphatic carbocycles. The molecule has 5 nitrogen and oxygen atoms in total. The molecule has 0 radical (unpaired) electrons. The summed E-state index contributed by atoms with van der Waals surface area (Å²) in [7, 11) is -3.56. The predicted octanol–water partition coefficient (Wildman–Crippen LogP) is 3.16. The number of sulfonamides is 1. The lowest BCUT2D eigenvalue weighted by molar-refractivity contribution is 0.549. The van der Waals surface area contributed by atoms with Crippen LogP contribution in [0.15, 0.2) is 46.9 Å². The van der Waals surface area contributed by atoms with Crippen LogP contribution < -0.4 is 4.72 Å². The van der Waals surface area contributed by atoms with E-state index in [1.807, 2.05) is 42.0 Å². The fraction of sp³-hybridized carbons (Fsp3) is 0.267. The number of rotatable bonds is 5. The Labute approximate surface area is 133 Å². The highest BCUT2D eigenvalue weighted by atomic mass is 32.2. The van der Waals surface area contributed by atoms with Crippen LogP contribution in [0.4, 0.5) is 0 Å². The number of thiophene rings is 1. The molecule has 1 aromatic carbocycles. The zero-order valence-corrected chi connectivity index (χ0v) is 14.0. The van der Waals surface area contributed by atoms with Crippen LogP contribution in [0.1, 0.15) is 25.7 Å². The van der Waals surface area contributed by atoms with Crippen LogP contribution in [-0.4, -0.2) is 18.0 Å². The summed E-state index contributed by atoms with van der Waals surface area (Å²) in [5.41, 5.74) is 0. The van der Waals surface area contributed by atoms with Crippen LogP contribution in [0.25, 0.3) is 10.1 Å². The van der Waals surface area contributed by atoms with Crippen LogP contribution in [0, 0.1) is 0 Å². The van der Waals surface area contributed by atoms with Gasteiger partial charge in [-0.25, -0.2) is 18.1 Å². The van der Waals surface area contributed by atoms with E-state index in [2.05, 4.69) is 9.71 Å². The van der Waals surface area contributed by atoms with Gasteiger partial charge in [0.05, 0.1) is 6.04 Å². The fourth-order valence-corrected chi connectivity index (χ4v) is 5.02. The van der Waals surface area contributed by atoms with E-state index in [0.717, 1.165) is 16.6 Å². The lowest BCUT2D eigenvalue weighted by atomic mass is 10.3. The van der Waals surface area contributed by atoms with Crippen molar-refractivity contribution in [3.8, 4) is 0 Å². The van der Waals surface area contributed by atoms with Crippen molar-refractivity contribution < 1.29 is 8.42 Å². The van der Waals surface area contributed by atoms with Crippen molar-refractivity contribution >= 4 is 31.4 Å². The Morgan fingerprint density at radius 2 is 2.14 bits per heavy atom. The van der Waals surface area contributed by atoms with Crippen LogP contribution >= 0.6 is 11.3 Å². The number of hydrogen-bond acceptors (Lipinski definition) is 4. The third-order valence-corrected chi connectivity index (χ3v) is 6.61. The molecule has 0 amide bonds. The maximum Gasteiger partial charge on any atom is 0.250 e. The Morgan fingerprint density at radius 1 is 1.36 bits per heavy atom. The Balaban J connectivity index is 1.90. The van der Waals surface area contributed by atoms with Crippen molar-refractivity contribution in [2.75, 3.05) is 0 Å². The number of fused-ring (bicyclic) bond motifs is 1. The van der Waals surface area contributed by atoms with Crippen molar-refractivity contribution in [2.24, 2.45) is 0 Å². The molecule has 2 aromatic heterocycles. The van der Waals surface area contributed by atoms with Gasteiger partial charge < -0.3 is 4.57 Å². The van der Waals surface area contributed by atoms with E-state index in [1.165, 1.54) is 11.3 Å². The molecule has 0 spiro atoms. The van der Waals surface area contributed by atoms with E-state index >= 15 is 0 Å². The predicted molar refractivity (Wildman–Crippen MR) is 88.5 cm³/mol. The summed E-state index contributed by atoms with van der Waals surface area (Å²) in [6.45, 7) is 4.56. The van der Waals surface area contributed by atoms with Crippen LogP contribution in [0.5, 0.6) is 0 Å². The average molecular weight is 335 g/mol. The first kappa shape index (κ1) is 15.2. The molecule has 1 N–H and O–H groups in total. The lowest BCUT2D eigenvalue weighted by Gasteiger charge is -2.14. The molecule has 1 atom stereocenters. The molecule has 0 saturated carbocycles. The molecule has 116 valence electrons. The highest BCUT2D eigenvalue weighted by Crippen LogP contribution is 2.29. The molecular formula is C15H17N3O2S2. The van der Waals surface area contributed by atoms with Gasteiger partial charge in [-0.05, 0) is 31.4 Å². The highest BCUT2D eigenvalue weighted by Gasteiger charge is 2.22. The second-order valence-electron chi connectivity index (χ2n) is 5.02. The van der Waals surface area contributed by atoms with E-state index in [-0.39, 0.29) is 6.04 Å². The van der Waals surface area contributed by atoms with Crippen LogP contribution in [-0.2, 0) is 16.6 Å². The minimum Gasteiger partial charge on any atom is -0.334 e. The second-order valence-corrected chi connectivity index (χ2v) is 8.04. The van der Waals surface area contributed by atoms with E-state index in [9.17, 15) is 8.42 Å². The third-order valence-electron chi connectivity index (χ3n) is 3.48. The van der Waals surface area contributed by atoms with E-state index in [0.29, 0.717) is 10.0 Å². The molecule has 0 fully saturated rings. The molecule has 0 bridgehead atoms. The van der Waals surface area contributed by atoms with Crippen LogP contribution in [0.3, 0.4) is 0 Å². The molecule has 1 unspecified atom stereocenters. The maximum absolute atomic E-state index is 12.6. The highest BCUT2D eigenvalue weighted by molar-refractivity contribution is 7.91. The normalized spacial score (nSPS) is 13.5. The average Bonchev–Trinajstić information content (AvgIpc) is 3.13. The first-order chi connectivity index (χ1) is 10.5. The van der Waals surface area contributed by atoms with E-state index in [4.69, 9.17) is 0 Å². The van der Waals surface area contributed by atoms with Gasteiger partial charge in [0.1, 0.15) is 10.0 Å². The lowest BCUT2D eigenvalue weighted by Crippen LogP contribution is -2.28. The summed E-state index contributed by atoms with van der Waals surface area (Å²) in [5, 5.41) is 0.940. The van der Waals surface area contributed by atoms with Gasteiger partial charge in [-0.15, -0.1) is 11.3 Å². The first-order valence-corrected chi connectivity index (χ1v) is 9.33. The Morgan fingerprint density at radius 3 is 2.86 bits per heavy atom. The summed E-state index contributed by atoms with van der Waals surface area (Å²) in [5.74, 6) is 0.715. The SMILES string of the molecule is CCn1ccnc1C(C)NS(=O)(=O)c1cc2ccccc2s1. The zero-order chi connectivity index (χ0) is 15.7. The minimum atomic E-state index is -3.56. The van der Waals surface area contributed by atoms with Crippen molar-refractivity contribution in [3.05, 3.63) is 48.5 Å². The molecule has 3 rings (SSSR count). The van der Waals surface area contributed by atoms with Gasteiger partial charge in [0, 0.05) is 23.6 Å². The minimum absolute atomic E-state index is 0.329. The summed E-state index contributed by atoms with van der Waals surface area (Å²) in [6.07, 6.45) is 3.53. The Kier molecular flexibility index (Phi) is 4.03. The third kappa shape index (κ3) is 2.79. The zero-order valence-electron chi connectivity index (χ0n) is 12.4. The van der Waals surface area contributed by atoms with Gasteiger partial charge in [0.25, 0.3) is 10.0 Å². The van der Waals surface area contributed by atoms with Crippen molar-refractivity contribution in [1.82, 2.24) is 14.3 Å². The quantitative estimate of drug-likeness (QED) is 0.779. The number of hydrogen-bond donors (Lipinski definition) is 1. The molecular weight excluding hydrogens is 318 g/mol. The molecule has 2 heterocycles. The number of nitrogens with zero attached hydrogens (tertiary/aromatic N) is 2. The van der Waals surface area contributed by atoms with Gasteiger partial charge in [0.2, 0.25) is 0 Å². The van der Waals surface area contributed by atoms with Crippen molar-refractivity contribution in [3.63, 3.8) is 0 Å². The molecule has 22 heavy (non-hydrogen) atoms. The summed E-state index contributed by atoms with van der Waals surface area (Å²) in [4.78, 5) is 4.25. The Hall–Kier alpha value is -1.70. The molecule has 0 saturated heterocycles. The second kappa shape index (κ2) is 5.83. The van der Waals surface area contributed by atoms with Crippen LogP contribution in [0.2, 0.25) is 0 Å². The number of nitrogens with one attached hydrogen (secondary N) is 1.